The molecule has 1 rings (SSSR count). The largest absolute Gasteiger partial charge is 0.418 e. The van der Waals surface area contributed by atoms with Crippen LogP contribution >= 0.6 is 16.3 Å². The number of halogens is 1. The standard InChI is InChI=1S/C12H17BrO/c1-2-3-4-5-8-11-9-6-7-10-12(11)14-13/h6-7,9-10H,2-5,8H2,1H3. The molecule has 0 saturated carbocycles. The Morgan fingerprint density at radius 3 is 2.64 bits per heavy atom. The second kappa shape index (κ2) is 6.88. The molecule has 1 aromatic carbocycles. The summed E-state index contributed by atoms with van der Waals surface area (Å²) in [5.41, 5.74) is 1.29. The average Bonchev–Trinajstić information content (AvgIpc) is 2.25. The monoisotopic (exact) mass is 256 g/mol. The highest BCUT2D eigenvalue weighted by atomic mass is 79.9. The average molecular weight is 257 g/mol. The molecule has 0 N–H and O–H groups in total. The fraction of sp³-hybridized carbons (Fsp3) is 0.500. The van der Waals surface area contributed by atoms with E-state index in [0.717, 1.165) is 12.2 Å². The number of benzene rings is 1. The van der Waals surface area contributed by atoms with Gasteiger partial charge in [-0.1, -0.05) is 44.4 Å². The van der Waals surface area contributed by atoms with Gasteiger partial charge in [0.25, 0.3) is 0 Å². The van der Waals surface area contributed by atoms with Crippen LogP contribution in [0.25, 0.3) is 0 Å². The first-order valence-corrected chi connectivity index (χ1v) is 5.89. The van der Waals surface area contributed by atoms with Crippen molar-refractivity contribution in [1.29, 1.82) is 0 Å². The van der Waals surface area contributed by atoms with Gasteiger partial charge in [-0.15, -0.1) is 0 Å². The summed E-state index contributed by atoms with van der Waals surface area (Å²) < 4.78 is 5.11. The Morgan fingerprint density at radius 1 is 1.14 bits per heavy atom. The fourth-order valence-electron chi connectivity index (χ4n) is 1.53. The summed E-state index contributed by atoms with van der Waals surface area (Å²) in [4.78, 5) is 0. The van der Waals surface area contributed by atoms with Crippen LogP contribution in [0.5, 0.6) is 5.75 Å². The van der Waals surface area contributed by atoms with Gasteiger partial charge in [-0.3, -0.25) is 0 Å². The van der Waals surface area contributed by atoms with Gasteiger partial charge in [0.15, 0.2) is 16.3 Å². The maximum Gasteiger partial charge on any atom is 0.179 e. The lowest BCUT2D eigenvalue weighted by Crippen LogP contribution is -1.88. The van der Waals surface area contributed by atoms with Gasteiger partial charge in [0.1, 0.15) is 5.75 Å². The van der Waals surface area contributed by atoms with E-state index in [4.69, 9.17) is 3.83 Å². The maximum absolute atomic E-state index is 5.11. The smallest absolute Gasteiger partial charge is 0.179 e. The molecule has 0 radical (unpaired) electrons. The molecule has 0 bridgehead atoms. The second-order valence-corrected chi connectivity index (χ2v) is 3.82. The Labute approximate surface area is 94.9 Å². The summed E-state index contributed by atoms with van der Waals surface area (Å²) in [6, 6.07) is 8.17. The fourth-order valence-corrected chi connectivity index (χ4v) is 1.84. The molecular formula is C12H17BrO. The highest BCUT2D eigenvalue weighted by Crippen LogP contribution is 2.21. The van der Waals surface area contributed by atoms with E-state index in [0.29, 0.717) is 0 Å². The summed E-state index contributed by atoms with van der Waals surface area (Å²) in [5, 5.41) is 0. The number of hydrogen-bond acceptors (Lipinski definition) is 1. The van der Waals surface area contributed by atoms with Crippen LogP contribution in [0.1, 0.15) is 38.2 Å². The number of unbranched alkanes of at least 4 members (excludes halogenated alkanes) is 3. The van der Waals surface area contributed by atoms with Gasteiger partial charge < -0.3 is 3.83 Å². The quantitative estimate of drug-likeness (QED) is 0.682. The molecule has 0 aliphatic rings. The predicted octanol–water partition coefficient (Wildman–Crippen LogP) is 4.50. The number of hydrogen-bond donors (Lipinski definition) is 0. The van der Waals surface area contributed by atoms with E-state index in [1.165, 1.54) is 31.2 Å². The second-order valence-electron chi connectivity index (χ2n) is 3.50. The predicted molar refractivity (Wildman–Crippen MR) is 63.8 cm³/mol. The number of para-hydroxylation sites is 1. The molecule has 0 fully saturated rings. The highest BCUT2D eigenvalue weighted by Gasteiger charge is 2.01. The van der Waals surface area contributed by atoms with E-state index in [-0.39, 0.29) is 0 Å². The third-order valence-corrected chi connectivity index (χ3v) is 2.70. The van der Waals surface area contributed by atoms with E-state index >= 15 is 0 Å². The van der Waals surface area contributed by atoms with Crippen molar-refractivity contribution in [2.24, 2.45) is 0 Å². The van der Waals surface area contributed by atoms with Crippen LogP contribution < -0.4 is 3.83 Å². The molecule has 0 amide bonds. The van der Waals surface area contributed by atoms with E-state index in [2.05, 4.69) is 35.3 Å². The van der Waals surface area contributed by atoms with Gasteiger partial charge in [-0.2, -0.15) is 0 Å². The van der Waals surface area contributed by atoms with Gasteiger partial charge in [0.2, 0.25) is 0 Å². The Balaban J connectivity index is 2.41. The molecule has 1 nitrogen and oxygen atoms in total. The zero-order chi connectivity index (χ0) is 10.2. The van der Waals surface area contributed by atoms with Gasteiger partial charge >= 0.3 is 0 Å². The highest BCUT2D eigenvalue weighted by molar-refractivity contribution is 9.06. The van der Waals surface area contributed by atoms with Gasteiger partial charge in [-0.25, -0.2) is 0 Å². The molecular weight excluding hydrogens is 240 g/mol. The van der Waals surface area contributed by atoms with Crippen LogP contribution in [-0.4, -0.2) is 0 Å². The number of rotatable bonds is 6. The maximum atomic E-state index is 5.11. The van der Waals surface area contributed by atoms with Crippen molar-refractivity contribution in [3.05, 3.63) is 29.8 Å². The Kier molecular flexibility index (Phi) is 5.69. The molecule has 0 aliphatic heterocycles. The molecule has 0 aromatic heterocycles. The van der Waals surface area contributed by atoms with Gasteiger partial charge in [-0.05, 0) is 24.5 Å². The van der Waals surface area contributed by atoms with Crippen molar-refractivity contribution >= 4 is 16.3 Å². The minimum atomic E-state index is 0.948. The Morgan fingerprint density at radius 2 is 1.93 bits per heavy atom. The molecule has 1 aromatic rings. The minimum Gasteiger partial charge on any atom is -0.418 e. The summed E-state index contributed by atoms with van der Waals surface area (Å²) in [7, 11) is 0. The molecule has 0 aliphatic carbocycles. The van der Waals surface area contributed by atoms with E-state index in [9.17, 15) is 0 Å². The Hall–Kier alpha value is -0.500. The topological polar surface area (TPSA) is 9.23 Å². The van der Waals surface area contributed by atoms with Crippen molar-refractivity contribution < 1.29 is 3.83 Å². The summed E-state index contributed by atoms with van der Waals surface area (Å²) in [6.45, 7) is 2.23. The molecule has 14 heavy (non-hydrogen) atoms. The van der Waals surface area contributed by atoms with Gasteiger partial charge in [0, 0.05) is 0 Å². The van der Waals surface area contributed by atoms with Crippen LogP contribution in [0.3, 0.4) is 0 Å². The molecule has 2 heteroatoms. The minimum absolute atomic E-state index is 0.948. The molecule has 0 unspecified atom stereocenters. The Bertz CT molecular complexity index is 260. The van der Waals surface area contributed by atoms with E-state index < -0.39 is 0 Å². The van der Waals surface area contributed by atoms with E-state index in [1.54, 1.807) is 0 Å². The van der Waals surface area contributed by atoms with Crippen molar-refractivity contribution in [2.75, 3.05) is 0 Å². The lowest BCUT2D eigenvalue weighted by atomic mass is 10.1. The lowest BCUT2D eigenvalue weighted by molar-refractivity contribution is 0.634. The van der Waals surface area contributed by atoms with Crippen molar-refractivity contribution in [2.45, 2.75) is 39.0 Å². The first kappa shape index (κ1) is 11.6. The zero-order valence-electron chi connectivity index (χ0n) is 8.63. The first-order valence-electron chi connectivity index (χ1n) is 5.25. The third-order valence-electron chi connectivity index (χ3n) is 2.36. The SMILES string of the molecule is CCCCCCc1ccccc1OBr. The normalized spacial score (nSPS) is 10.1. The molecule has 0 saturated heterocycles. The number of aryl methyl sites for hydroxylation is 1. The molecule has 78 valence electrons. The molecule has 0 spiro atoms. The molecule has 0 heterocycles. The van der Waals surface area contributed by atoms with Crippen LogP contribution in [0.15, 0.2) is 24.3 Å². The first-order chi connectivity index (χ1) is 6.88. The van der Waals surface area contributed by atoms with Crippen LogP contribution in [0.2, 0.25) is 0 Å². The third kappa shape index (κ3) is 3.70. The van der Waals surface area contributed by atoms with Crippen molar-refractivity contribution in [3.8, 4) is 5.75 Å². The van der Waals surface area contributed by atoms with Crippen molar-refractivity contribution in [1.82, 2.24) is 0 Å². The summed E-state index contributed by atoms with van der Waals surface area (Å²) >= 11 is 3.03. The van der Waals surface area contributed by atoms with Crippen LogP contribution in [0.4, 0.5) is 0 Å². The van der Waals surface area contributed by atoms with E-state index in [1.807, 2.05) is 12.1 Å². The van der Waals surface area contributed by atoms with Gasteiger partial charge in [0.05, 0.1) is 0 Å². The summed E-state index contributed by atoms with van der Waals surface area (Å²) in [5.74, 6) is 0.948. The zero-order valence-corrected chi connectivity index (χ0v) is 10.2. The van der Waals surface area contributed by atoms with Crippen molar-refractivity contribution in [3.63, 3.8) is 0 Å². The van der Waals surface area contributed by atoms with Crippen LogP contribution in [0, 0.1) is 0 Å². The summed E-state index contributed by atoms with van der Waals surface area (Å²) in [6.07, 6.45) is 6.30. The lowest BCUT2D eigenvalue weighted by Gasteiger charge is -2.05. The molecule has 0 atom stereocenters. The van der Waals surface area contributed by atoms with Crippen LogP contribution in [-0.2, 0) is 6.42 Å².